The summed E-state index contributed by atoms with van der Waals surface area (Å²) in [5.41, 5.74) is 4.16. The van der Waals surface area contributed by atoms with E-state index in [0.717, 1.165) is 0 Å². The minimum Gasteiger partial charge on any atom is -0.472 e. The van der Waals surface area contributed by atoms with E-state index in [1.807, 2.05) is 0 Å². The number of nitro groups is 1. The minimum atomic E-state index is -1.15. The molecule has 130 valence electrons. The summed E-state index contributed by atoms with van der Waals surface area (Å²) in [7, 11) is 0. The van der Waals surface area contributed by atoms with Gasteiger partial charge in [0, 0.05) is 32.1 Å². The first-order valence-electron chi connectivity index (χ1n) is 7.39. The summed E-state index contributed by atoms with van der Waals surface area (Å²) < 4.78 is 5.57. The van der Waals surface area contributed by atoms with Crippen molar-refractivity contribution in [3.05, 3.63) is 22.2 Å². The van der Waals surface area contributed by atoms with Gasteiger partial charge in [0.25, 0.3) is 11.7 Å². The zero-order chi connectivity index (χ0) is 17.9. The van der Waals surface area contributed by atoms with E-state index in [-0.39, 0.29) is 30.4 Å². The zero-order valence-corrected chi connectivity index (χ0v) is 13.4. The molecule has 2 amide bonds. The topological polar surface area (TPSA) is 141 Å². The molecule has 0 aromatic carbocycles. The highest BCUT2D eigenvalue weighted by molar-refractivity contribution is 6.01. The fraction of sp³-hybridized carbons (Fsp3) is 0.500. The molecule has 0 atom stereocenters. The van der Waals surface area contributed by atoms with E-state index in [1.54, 1.807) is 13.8 Å². The Hall–Kier alpha value is -2.75. The Morgan fingerprint density at radius 2 is 2.21 bits per heavy atom. The summed E-state index contributed by atoms with van der Waals surface area (Å²) in [6, 6.07) is 2.60. The molecule has 0 saturated heterocycles. The van der Waals surface area contributed by atoms with E-state index in [0.29, 0.717) is 13.1 Å². The SMILES string of the molecule is CC1(C)Oc2ccc([N+](=O)[O-])nc2N(CCC(=O)NCCN)C1=O. The normalized spacial score (nSPS) is 15.5. The van der Waals surface area contributed by atoms with Crippen LogP contribution < -0.4 is 20.7 Å². The molecule has 1 aliphatic rings. The first kappa shape index (κ1) is 17.6. The number of nitrogens with zero attached hydrogens (tertiary/aromatic N) is 3. The second-order valence-electron chi connectivity index (χ2n) is 5.71. The van der Waals surface area contributed by atoms with Gasteiger partial charge in [0.05, 0.1) is 0 Å². The van der Waals surface area contributed by atoms with Crippen LogP contribution in [0.5, 0.6) is 5.75 Å². The molecule has 1 aromatic heterocycles. The smallest absolute Gasteiger partial charge is 0.366 e. The van der Waals surface area contributed by atoms with Crippen LogP contribution in [-0.2, 0) is 9.59 Å². The minimum absolute atomic E-state index is 0.0195. The number of amides is 2. The van der Waals surface area contributed by atoms with Gasteiger partial charge in [0.15, 0.2) is 11.4 Å². The Labute approximate surface area is 138 Å². The molecule has 1 aromatic rings. The zero-order valence-electron chi connectivity index (χ0n) is 13.4. The summed E-state index contributed by atoms with van der Waals surface area (Å²) in [6.07, 6.45) is 0.0195. The van der Waals surface area contributed by atoms with Gasteiger partial charge in [-0.3, -0.25) is 14.5 Å². The van der Waals surface area contributed by atoms with Gasteiger partial charge in [-0.05, 0) is 29.8 Å². The van der Waals surface area contributed by atoms with Crippen molar-refractivity contribution in [1.29, 1.82) is 0 Å². The molecule has 0 spiro atoms. The molecule has 3 N–H and O–H groups in total. The maximum Gasteiger partial charge on any atom is 0.366 e. The first-order chi connectivity index (χ1) is 11.3. The number of nitrogens with two attached hydrogens (primary N) is 1. The highest BCUT2D eigenvalue weighted by atomic mass is 16.6. The number of fused-ring (bicyclic) bond motifs is 1. The Balaban J connectivity index is 2.28. The highest BCUT2D eigenvalue weighted by Gasteiger charge is 2.44. The number of rotatable bonds is 6. The van der Waals surface area contributed by atoms with Crippen molar-refractivity contribution in [2.45, 2.75) is 25.9 Å². The van der Waals surface area contributed by atoms with Crippen LogP contribution in [0.2, 0.25) is 0 Å². The van der Waals surface area contributed by atoms with E-state index in [4.69, 9.17) is 10.5 Å². The molecule has 10 nitrogen and oxygen atoms in total. The van der Waals surface area contributed by atoms with E-state index in [9.17, 15) is 19.7 Å². The largest absolute Gasteiger partial charge is 0.472 e. The van der Waals surface area contributed by atoms with Crippen molar-refractivity contribution in [3.8, 4) is 5.75 Å². The van der Waals surface area contributed by atoms with Crippen LogP contribution in [0.4, 0.5) is 11.6 Å². The Bertz CT molecular complexity index is 676. The molecule has 0 bridgehead atoms. The Morgan fingerprint density at radius 1 is 1.50 bits per heavy atom. The number of aromatic nitrogens is 1. The number of ether oxygens (including phenoxy) is 1. The lowest BCUT2D eigenvalue weighted by Gasteiger charge is -2.35. The van der Waals surface area contributed by atoms with Gasteiger partial charge in [0.2, 0.25) is 5.91 Å². The van der Waals surface area contributed by atoms with Gasteiger partial charge in [-0.2, -0.15) is 0 Å². The number of carbonyl (C=O) groups excluding carboxylic acids is 2. The van der Waals surface area contributed by atoms with Crippen LogP contribution in [-0.4, -0.2) is 47.0 Å². The number of hydrogen-bond donors (Lipinski definition) is 2. The van der Waals surface area contributed by atoms with Crippen molar-refractivity contribution in [1.82, 2.24) is 10.3 Å². The van der Waals surface area contributed by atoms with Crippen molar-refractivity contribution in [2.24, 2.45) is 5.73 Å². The number of anilines is 1. The van der Waals surface area contributed by atoms with Crippen molar-refractivity contribution < 1.29 is 19.2 Å². The summed E-state index contributed by atoms with van der Waals surface area (Å²) in [5.74, 6) is -0.797. The van der Waals surface area contributed by atoms with Crippen molar-refractivity contribution in [2.75, 3.05) is 24.5 Å². The van der Waals surface area contributed by atoms with Gasteiger partial charge in [-0.15, -0.1) is 0 Å². The molecule has 0 unspecified atom stereocenters. The molecule has 0 aliphatic carbocycles. The summed E-state index contributed by atoms with van der Waals surface area (Å²) in [5, 5.41) is 13.5. The average Bonchev–Trinajstić information content (AvgIpc) is 2.52. The van der Waals surface area contributed by atoms with Gasteiger partial charge in [-0.1, -0.05) is 0 Å². The van der Waals surface area contributed by atoms with E-state index in [2.05, 4.69) is 10.3 Å². The molecular weight excluding hydrogens is 318 g/mol. The maximum atomic E-state index is 12.6. The second kappa shape index (κ2) is 6.79. The Morgan fingerprint density at radius 3 is 2.83 bits per heavy atom. The number of carbonyl (C=O) groups is 2. The lowest BCUT2D eigenvalue weighted by Crippen LogP contribution is -2.53. The van der Waals surface area contributed by atoms with Crippen LogP contribution >= 0.6 is 0 Å². The lowest BCUT2D eigenvalue weighted by atomic mass is 10.1. The molecule has 10 heteroatoms. The molecule has 0 saturated carbocycles. The predicted molar refractivity (Wildman–Crippen MR) is 84.6 cm³/mol. The van der Waals surface area contributed by atoms with Crippen molar-refractivity contribution >= 4 is 23.5 Å². The summed E-state index contributed by atoms with van der Waals surface area (Å²) >= 11 is 0. The summed E-state index contributed by atoms with van der Waals surface area (Å²) in [4.78, 5) is 39.7. The second-order valence-corrected chi connectivity index (χ2v) is 5.71. The molecule has 2 heterocycles. The highest BCUT2D eigenvalue weighted by Crippen LogP contribution is 2.37. The monoisotopic (exact) mass is 337 g/mol. The van der Waals surface area contributed by atoms with Gasteiger partial charge >= 0.3 is 5.82 Å². The predicted octanol–water partition coefficient (Wildman–Crippen LogP) is -0.0412. The number of hydrogen-bond acceptors (Lipinski definition) is 7. The molecule has 24 heavy (non-hydrogen) atoms. The first-order valence-corrected chi connectivity index (χ1v) is 7.39. The van der Waals surface area contributed by atoms with Crippen LogP contribution in [0.25, 0.3) is 0 Å². The van der Waals surface area contributed by atoms with Crippen LogP contribution in [0.3, 0.4) is 0 Å². The molecular formula is C14H19N5O5. The molecule has 0 radical (unpaired) electrons. The van der Waals surface area contributed by atoms with Gasteiger partial charge in [0.1, 0.15) is 0 Å². The maximum absolute atomic E-state index is 12.6. The molecule has 2 rings (SSSR count). The third kappa shape index (κ3) is 3.59. The summed E-state index contributed by atoms with van der Waals surface area (Å²) in [6.45, 7) is 3.85. The standard InChI is InChI=1S/C14H19N5O5/c1-14(2)13(21)18(8-5-11(20)16-7-6-15)12-9(24-14)3-4-10(17-12)19(22)23/h3-4H,5-8,15H2,1-2H3,(H,16,20). The Kier molecular flexibility index (Phi) is 4.98. The van der Waals surface area contributed by atoms with Crippen LogP contribution in [0.1, 0.15) is 20.3 Å². The van der Waals surface area contributed by atoms with Gasteiger partial charge in [-0.25, -0.2) is 0 Å². The van der Waals surface area contributed by atoms with Crippen LogP contribution in [0.15, 0.2) is 12.1 Å². The quantitative estimate of drug-likeness (QED) is 0.548. The molecule has 1 aliphatic heterocycles. The average molecular weight is 337 g/mol. The lowest BCUT2D eigenvalue weighted by molar-refractivity contribution is -0.389. The number of pyridine rings is 1. The third-order valence-corrected chi connectivity index (χ3v) is 3.42. The van der Waals surface area contributed by atoms with Crippen LogP contribution in [0, 0.1) is 10.1 Å². The third-order valence-electron chi connectivity index (χ3n) is 3.42. The molecule has 0 fully saturated rings. The fourth-order valence-electron chi connectivity index (χ4n) is 2.26. The fourth-order valence-corrected chi connectivity index (χ4v) is 2.26. The number of nitrogens with one attached hydrogen (secondary N) is 1. The van der Waals surface area contributed by atoms with E-state index >= 15 is 0 Å². The van der Waals surface area contributed by atoms with E-state index in [1.165, 1.54) is 17.0 Å². The van der Waals surface area contributed by atoms with Crippen molar-refractivity contribution in [3.63, 3.8) is 0 Å². The van der Waals surface area contributed by atoms with E-state index < -0.39 is 22.2 Å². The van der Waals surface area contributed by atoms with Gasteiger partial charge < -0.3 is 25.9 Å².